The summed E-state index contributed by atoms with van der Waals surface area (Å²) in [5, 5.41) is 15.4. The molecule has 4 heterocycles. The van der Waals surface area contributed by atoms with E-state index < -0.39 is 24.0 Å². The largest absolute Gasteiger partial charge is 0.508 e. The maximum Gasteiger partial charge on any atom is 0.319 e. The number of phenols is 1. The zero-order valence-corrected chi connectivity index (χ0v) is 26.5. The molecule has 2 atom stereocenters. The first-order valence-electron chi connectivity index (χ1n) is 16.8. The summed E-state index contributed by atoms with van der Waals surface area (Å²) in [4.78, 5) is 13.6. The van der Waals surface area contributed by atoms with Crippen LogP contribution in [-0.2, 0) is 0 Å². The number of benzene rings is 3. The number of phenolic OH excluding ortho intramolecular Hbond substituents is 1. The number of anilines is 1. The van der Waals surface area contributed by atoms with Crippen LogP contribution in [0.5, 0.6) is 11.8 Å². The molecule has 3 aromatic carbocycles. The van der Waals surface area contributed by atoms with E-state index in [2.05, 4.69) is 26.0 Å². The summed E-state index contributed by atoms with van der Waals surface area (Å²) in [6.07, 6.45) is 8.34. The van der Waals surface area contributed by atoms with Crippen LogP contribution in [0, 0.1) is 35.3 Å². The molecule has 3 aliphatic heterocycles. The summed E-state index contributed by atoms with van der Waals surface area (Å²) in [6.45, 7) is 3.56. The number of alkyl halides is 2. The number of nitrogens with one attached hydrogen (secondary N) is 1. The Labute approximate surface area is 276 Å². The van der Waals surface area contributed by atoms with Gasteiger partial charge in [0.05, 0.1) is 12.2 Å². The molecule has 0 radical (unpaired) electrons. The van der Waals surface area contributed by atoms with E-state index in [0.717, 1.165) is 32.2 Å². The molecule has 0 spiro atoms. The maximum atomic E-state index is 16.9. The van der Waals surface area contributed by atoms with E-state index in [1.165, 1.54) is 18.2 Å². The normalized spacial score (nSPS) is 22.5. The molecule has 4 aliphatic rings. The van der Waals surface area contributed by atoms with Gasteiger partial charge >= 0.3 is 6.01 Å². The topological polar surface area (TPSA) is 73.8 Å². The average molecular weight is 660 g/mol. The van der Waals surface area contributed by atoms with Gasteiger partial charge in [-0.25, -0.2) is 17.6 Å². The quantitative estimate of drug-likeness (QED) is 0.166. The molecule has 2 unspecified atom stereocenters. The van der Waals surface area contributed by atoms with Gasteiger partial charge in [-0.1, -0.05) is 18.1 Å². The summed E-state index contributed by atoms with van der Waals surface area (Å²) >= 11 is 0. The first-order chi connectivity index (χ1) is 23.2. The van der Waals surface area contributed by atoms with Crippen LogP contribution < -0.4 is 15.0 Å². The minimum atomic E-state index is -2.28. The minimum absolute atomic E-state index is 0.00704. The third kappa shape index (κ3) is 5.69. The highest BCUT2D eigenvalue weighted by atomic mass is 19.3. The fraction of sp³-hybridized carbons (Fsp3) is 0.459. The number of hydrogen-bond donors (Lipinski definition) is 2. The Morgan fingerprint density at radius 2 is 1.79 bits per heavy atom. The van der Waals surface area contributed by atoms with Gasteiger partial charge in [-0.2, -0.15) is 9.97 Å². The van der Waals surface area contributed by atoms with Crippen molar-refractivity contribution in [1.82, 2.24) is 20.2 Å². The number of aromatic nitrogens is 2. The Hall–Kier alpha value is -4.14. The van der Waals surface area contributed by atoms with Crippen molar-refractivity contribution in [2.24, 2.45) is 11.3 Å². The fourth-order valence-electron chi connectivity index (χ4n) is 7.99. The lowest BCUT2D eigenvalue weighted by Crippen LogP contribution is -2.51. The number of hydrogen-bond acceptors (Lipinski definition) is 7. The molecule has 3 saturated heterocycles. The smallest absolute Gasteiger partial charge is 0.319 e. The first-order valence-corrected chi connectivity index (χ1v) is 16.8. The Balaban J connectivity index is 1.18. The molecule has 0 amide bonds. The lowest BCUT2D eigenvalue weighted by atomic mass is 9.93. The molecule has 1 saturated carbocycles. The van der Waals surface area contributed by atoms with Gasteiger partial charge in [0.15, 0.2) is 5.82 Å². The van der Waals surface area contributed by atoms with Crippen molar-refractivity contribution in [3.05, 3.63) is 53.6 Å². The molecule has 4 fully saturated rings. The molecule has 1 aromatic heterocycles. The van der Waals surface area contributed by atoms with E-state index in [4.69, 9.17) is 16.1 Å². The number of piperidine rings is 1. The van der Waals surface area contributed by atoms with Gasteiger partial charge in [0.2, 0.25) is 6.43 Å². The molecule has 2 N–H and O–H groups in total. The molecular weight excluding hydrogens is 622 g/mol. The molecule has 2 bridgehead atoms. The van der Waals surface area contributed by atoms with E-state index in [0.29, 0.717) is 67.8 Å². The number of piperazine rings is 1. The first kappa shape index (κ1) is 31.1. The Morgan fingerprint density at radius 1 is 1.04 bits per heavy atom. The van der Waals surface area contributed by atoms with Gasteiger partial charge < -0.3 is 25.0 Å². The summed E-state index contributed by atoms with van der Waals surface area (Å²) in [5.74, 6) is 0.619. The molecule has 4 aromatic rings. The highest BCUT2D eigenvalue weighted by molar-refractivity contribution is 6.04. The summed E-state index contributed by atoms with van der Waals surface area (Å²) in [6, 6.07) is 9.77. The molecule has 1 aliphatic carbocycles. The lowest BCUT2D eigenvalue weighted by Gasteiger charge is -2.35. The molecule has 7 nitrogen and oxygen atoms in total. The van der Waals surface area contributed by atoms with Gasteiger partial charge in [-0.3, -0.25) is 0 Å². The van der Waals surface area contributed by atoms with Crippen LogP contribution in [-0.4, -0.2) is 77.8 Å². The van der Waals surface area contributed by atoms with Crippen molar-refractivity contribution in [2.45, 2.75) is 57.0 Å². The Morgan fingerprint density at radius 3 is 2.48 bits per heavy atom. The van der Waals surface area contributed by atoms with Crippen molar-refractivity contribution in [2.75, 3.05) is 44.2 Å². The van der Waals surface area contributed by atoms with Crippen molar-refractivity contribution in [3.8, 4) is 35.2 Å². The monoisotopic (exact) mass is 659 g/mol. The molecular formula is C37H37F4N5O2. The summed E-state index contributed by atoms with van der Waals surface area (Å²) < 4.78 is 65.8. The van der Waals surface area contributed by atoms with Crippen molar-refractivity contribution in [3.63, 3.8) is 0 Å². The number of aromatic hydroxyl groups is 1. The maximum absolute atomic E-state index is 16.9. The van der Waals surface area contributed by atoms with Gasteiger partial charge in [-0.05, 0) is 81.3 Å². The van der Waals surface area contributed by atoms with Gasteiger partial charge in [-0.15, -0.1) is 6.42 Å². The van der Waals surface area contributed by atoms with Crippen LogP contribution >= 0.6 is 0 Å². The number of nitrogens with zero attached hydrogens (tertiary/aromatic N) is 4. The predicted octanol–water partition coefficient (Wildman–Crippen LogP) is 6.49. The van der Waals surface area contributed by atoms with E-state index in [1.54, 1.807) is 18.2 Å². The van der Waals surface area contributed by atoms with Gasteiger partial charge in [0, 0.05) is 65.0 Å². The number of rotatable bonds is 8. The Kier molecular flexibility index (Phi) is 7.84. The SMILES string of the molecule is C#Cc1cccc2cc(O)cc(-c3c(F)cc4c(N5CC6CCC(C5)N6)nc(OCC5(CN6CCC(C(F)F)CC6)CC5)nc4c3F)c12. The van der Waals surface area contributed by atoms with E-state index in [1.807, 2.05) is 0 Å². The zero-order chi connectivity index (χ0) is 33.2. The van der Waals surface area contributed by atoms with Crippen molar-refractivity contribution in [1.29, 1.82) is 0 Å². The molecule has 48 heavy (non-hydrogen) atoms. The summed E-state index contributed by atoms with van der Waals surface area (Å²) in [7, 11) is 0. The number of fused-ring (bicyclic) bond motifs is 4. The fourth-order valence-corrected chi connectivity index (χ4v) is 7.99. The molecule has 250 valence electrons. The second-order valence-electron chi connectivity index (χ2n) is 14.1. The van der Waals surface area contributed by atoms with Crippen LogP contribution in [0.25, 0.3) is 32.8 Å². The van der Waals surface area contributed by atoms with E-state index >= 15 is 8.78 Å². The van der Waals surface area contributed by atoms with Crippen LogP contribution in [0.15, 0.2) is 36.4 Å². The van der Waals surface area contributed by atoms with Crippen LogP contribution in [0.3, 0.4) is 0 Å². The van der Waals surface area contributed by atoms with Crippen molar-refractivity contribution < 1.29 is 27.4 Å². The lowest BCUT2D eigenvalue weighted by molar-refractivity contribution is 0.0278. The molecule has 8 rings (SSSR count). The van der Waals surface area contributed by atoms with Gasteiger partial charge in [0.25, 0.3) is 0 Å². The highest BCUT2D eigenvalue weighted by Crippen LogP contribution is 2.47. The van der Waals surface area contributed by atoms with Crippen LogP contribution in [0.4, 0.5) is 23.4 Å². The second-order valence-corrected chi connectivity index (χ2v) is 14.1. The second kappa shape index (κ2) is 12.1. The molecule has 11 heteroatoms. The summed E-state index contributed by atoms with van der Waals surface area (Å²) in [5.41, 5.74) is 0.00559. The van der Waals surface area contributed by atoms with E-state index in [9.17, 15) is 13.9 Å². The standard InChI is InChI=1S/C37H37F4N5O2/c1-2-21-4-3-5-23-14-26(47)15-27(30(21)23)31-29(38)16-28-33(32(31)39)43-36(44-35(28)46-17-24-6-7-25(18-46)42-24)48-20-37(10-11-37)19-45-12-8-22(9-13-45)34(40)41/h1,3-5,14-16,22,24-25,34,42,47H,6-13,17-20H2. The van der Waals surface area contributed by atoms with Crippen LogP contribution in [0.1, 0.15) is 44.1 Å². The van der Waals surface area contributed by atoms with Gasteiger partial charge in [0.1, 0.15) is 22.9 Å². The number of halogens is 4. The zero-order valence-electron chi connectivity index (χ0n) is 26.5. The minimum Gasteiger partial charge on any atom is -0.508 e. The Bertz CT molecular complexity index is 1920. The average Bonchev–Trinajstić information content (AvgIpc) is 3.76. The van der Waals surface area contributed by atoms with E-state index in [-0.39, 0.29) is 51.3 Å². The number of ether oxygens (including phenoxy) is 1. The third-order valence-corrected chi connectivity index (χ3v) is 10.8. The predicted molar refractivity (Wildman–Crippen MR) is 176 cm³/mol. The van der Waals surface area contributed by atoms with Crippen molar-refractivity contribution >= 4 is 27.5 Å². The highest BCUT2D eigenvalue weighted by Gasteiger charge is 2.46. The van der Waals surface area contributed by atoms with Crippen LogP contribution in [0.2, 0.25) is 0 Å². The number of likely N-dealkylation sites (tertiary alicyclic amines) is 1. The third-order valence-electron chi connectivity index (χ3n) is 10.8. The number of terminal acetylenes is 1.